The first-order valence-corrected chi connectivity index (χ1v) is 13.3. The second kappa shape index (κ2) is 8.46. The van der Waals surface area contributed by atoms with Crippen molar-refractivity contribution in [2.24, 2.45) is 29.1 Å². The van der Waals surface area contributed by atoms with E-state index in [1.54, 1.807) is 13.0 Å². The third kappa shape index (κ3) is 4.04. The van der Waals surface area contributed by atoms with Crippen LogP contribution in [0, 0.1) is 34.9 Å². The Balaban J connectivity index is 1.25. The van der Waals surface area contributed by atoms with Crippen LogP contribution in [0.3, 0.4) is 0 Å². The summed E-state index contributed by atoms with van der Waals surface area (Å²) in [4.78, 5) is 26.6. The van der Waals surface area contributed by atoms with Crippen molar-refractivity contribution in [3.63, 3.8) is 0 Å². The number of benzene rings is 1. The van der Waals surface area contributed by atoms with E-state index in [4.69, 9.17) is 9.47 Å². The number of likely N-dealkylation sites (tertiary alicyclic amines) is 1. The molecule has 35 heavy (non-hydrogen) atoms. The van der Waals surface area contributed by atoms with E-state index in [-0.39, 0.29) is 29.4 Å². The van der Waals surface area contributed by atoms with Gasteiger partial charge in [0.1, 0.15) is 17.6 Å². The number of halogens is 1. The van der Waals surface area contributed by atoms with Crippen LogP contribution in [0.1, 0.15) is 80.1 Å². The Morgan fingerprint density at radius 2 is 1.74 bits per heavy atom. The number of aliphatic carboxylic acids is 1. The molecule has 7 heteroatoms. The van der Waals surface area contributed by atoms with Gasteiger partial charge in [0, 0.05) is 31.1 Å². The molecule has 1 aliphatic heterocycles. The number of carboxylic acids is 1. The Bertz CT molecular complexity index is 1000. The molecule has 3 atom stereocenters. The average Bonchev–Trinajstić information content (AvgIpc) is 3.58. The summed E-state index contributed by atoms with van der Waals surface area (Å²) in [6, 6.07) is 1.97. The summed E-state index contributed by atoms with van der Waals surface area (Å²) < 4.78 is 27.2. The van der Waals surface area contributed by atoms with Gasteiger partial charge in [0.05, 0.1) is 18.3 Å². The van der Waals surface area contributed by atoms with Gasteiger partial charge in [-0.1, -0.05) is 6.92 Å². The van der Waals surface area contributed by atoms with Crippen molar-refractivity contribution in [2.75, 3.05) is 20.3 Å². The van der Waals surface area contributed by atoms with Gasteiger partial charge in [-0.15, -0.1) is 0 Å². The standard InChI is InChI=1S/C28H36FNO5/c1-15-24(34-2)13-30(25(15)27(32)33)26(31)21-8-20(19-3-4-19)23(9-22(21)29)35-14-28-10-16-5-17(11-28)7-18(6-16)12-28/h8-9,15-19,24-25H,3-7,10-14H2,1-2H3,(H,32,33). The van der Waals surface area contributed by atoms with Crippen LogP contribution in [0.15, 0.2) is 12.1 Å². The van der Waals surface area contributed by atoms with E-state index < -0.39 is 29.8 Å². The van der Waals surface area contributed by atoms with Gasteiger partial charge in [0.25, 0.3) is 5.91 Å². The number of carbonyl (C=O) groups is 2. The van der Waals surface area contributed by atoms with Gasteiger partial charge in [-0.2, -0.15) is 0 Å². The largest absolute Gasteiger partial charge is 0.493 e. The number of ether oxygens (including phenoxy) is 2. The average molecular weight is 486 g/mol. The molecule has 6 aliphatic rings. The molecule has 190 valence electrons. The van der Waals surface area contributed by atoms with Crippen molar-refractivity contribution in [3.05, 3.63) is 29.1 Å². The zero-order valence-corrected chi connectivity index (χ0v) is 20.7. The minimum atomic E-state index is -1.09. The second-order valence-electron chi connectivity index (χ2n) is 12.2. The summed E-state index contributed by atoms with van der Waals surface area (Å²) in [7, 11) is 1.51. The predicted octanol–water partition coefficient (Wildman–Crippen LogP) is 4.86. The van der Waals surface area contributed by atoms with Gasteiger partial charge < -0.3 is 19.5 Å². The van der Waals surface area contributed by atoms with Crippen LogP contribution in [-0.4, -0.2) is 54.3 Å². The highest BCUT2D eigenvalue weighted by atomic mass is 19.1. The van der Waals surface area contributed by atoms with Crippen molar-refractivity contribution >= 4 is 11.9 Å². The Morgan fingerprint density at radius 3 is 2.29 bits per heavy atom. The quantitative estimate of drug-likeness (QED) is 0.597. The highest BCUT2D eigenvalue weighted by Gasteiger charge is 2.51. The molecule has 7 rings (SSSR count). The Morgan fingerprint density at radius 1 is 1.11 bits per heavy atom. The monoisotopic (exact) mass is 485 g/mol. The van der Waals surface area contributed by atoms with Gasteiger partial charge in [-0.25, -0.2) is 9.18 Å². The fraction of sp³-hybridized carbons (Fsp3) is 0.714. The fourth-order valence-corrected chi connectivity index (χ4v) is 8.24. The molecule has 5 aliphatic carbocycles. The summed E-state index contributed by atoms with van der Waals surface area (Å²) >= 11 is 0. The van der Waals surface area contributed by atoms with Crippen LogP contribution in [-0.2, 0) is 9.53 Å². The molecular formula is C28H36FNO5. The van der Waals surface area contributed by atoms with E-state index in [0.29, 0.717) is 12.4 Å². The third-order valence-electron chi connectivity index (χ3n) is 9.66. The van der Waals surface area contributed by atoms with Gasteiger partial charge in [-0.05, 0) is 86.7 Å². The molecule has 0 spiro atoms. The molecule has 4 bridgehead atoms. The van der Waals surface area contributed by atoms with Crippen LogP contribution < -0.4 is 4.74 Å². The molecule has 5 saturated carbocycles. The summed E-state index contributed by atoms with van der Waals surface area (Å²) in [6.45, 7) is 2.52. The number of carboxylic acid groups (broad SMARTS) is 1. The minimum Gasteiger partial charge on any atom is -0.493 e. The zero-order valence-electron chi connectivity index (χ0n) is 20.7. The first-order chi connectivity index (χ1) is 16.8. The van der Waals surface area contributed by atoms with Gasteiger partial charge in [0.15, 0.2) is 0 Å². The first kappa shape index (κ1) is 23.3. The van der Waals surface area contributed by atoms with Crippen molar-refractivity contribution in [1.29, 1.82) is 0 Å². The molecule has 1 heterocycles. The smallest absolute Gasteiger partial charge is 0.326 e. The molecule has 1 aromatic rings. The van der Waals surface area contributed by atoms with E-state index in [0.717, 1.165) is 36.2 Å². The SMILES string of the molecule is COC1CN(C(=O)c2cc(C3CC3)c(OCC34CC5CC(CC(C5)C3)C4)cc2F)C(C(=O)O)C1C. The van der Waals surface area contributed by atoms with Crippen molar-refractivity contribution in [1.82, 2.24) is 4.90 Å². The lowest BCUT2D eigenvalue weighted by Crippen LogP contribution is -2.48. The van der Waals surface area contributed by atoms with Crippen LogP contribution in [0.25, 0.3) is 0 Å². The summed E-state index contributed by atoms with van der Waals surface area (Å²) in [5.41, 5.74) is 1.04. The van der Waals surface area contributed by atoms with E-state index in [1.165, 1.54) is 56.6 Å². The molecule has 3 unspecified atom stereocenters. The molecule has 0 aromatic heterocycles. The number of methoxy groups -OCH3 is 1. The van der Waals surface area contributed by atoms with Crippen LogP contribution in [0.2, 0.25) is 0 Å². The number of nitrogens with zero attached hydrogens (tertiary/aromatic N) is 1. The molecule has 6 nitrogen and oxygen atoms in total. The fourth-order valence-electron chi connectivity index (χ4n) is 8.24. The Labute approximate surface area is 206 Å². The summed E-state index contributed by atoms with van der Waals surface area (Å²) in [6.07, 6.45) is 9.38. The normalized spacial score (nSPS) is 37.6. The highest BCUT2D eigenvalue weighted by molar-refractivity contribution is 5.97. The predicted molar refractivity (Wildman–Crippen MR) is 127 cm³/mol. The maximum atomic E-state index is 15.4. The number of hydrogen-bond acceptors (Lipinski definition) is 4. The maximum Gasteiger partial charge on any atom is 0.326 e. The molecular weight excluding hydrogens is 449 g/mol. The number of hydrogen-bond donors (Lipinski definition) is 1. The highest BCUT2D eigenvalue weighted by Crippen LogP contribution is 2.60. The first-order valence-electron chi connectivity index (χ1n) is 13.3. The number of amides is 1. The third-order valence-corrected chi connectivity index (χ3v) is 9.66. The minimum absolute atomic E-state index is 0.0655. The topological polar surface area (TPSA) is 76.1 Å². The van der Waals surface area contributed by atoms with E-state index >= 15 is 4.39 Å². The number of rotatable bonds is 7. The van der Waals surface area contributed by atoms with Crippen LogP contribution in [0.5, 0.6) is 5.75 Å². The van der Waals surface area contributed by atoms with Gasteiger partial charge >= 0.3 is 5.97 Å². The maximum absolute atomic E-state index is 15.4. The summed E-state index contributed by atoms with van der Waals surface area (Å²) in [5, 5.41) is 9.75. The van der Waals surface area contributed by atoms with E-state index in [9.17, 15) is 14.7 Å². The van der Waals surface area contributed by atoms with E-state index in [2.05, 4.69) is 0 Å². The van der Waals surface area contributed by atoms with Crippen LogP contribution >= 0.6 is 0 Å². The lowest BCUT2D eigenvalue weighted by Gasteiger charge is -2.56. The molecule has 1 amide bonds. The molecule has 1 aromatic carbocycles. The molecule has 1 N–H and O–H groups in total. The van der Waals surface area contributed by atoms with Crippen molar-refractivity contribution in [3.8, 4) is 5.75 Å². The molecule has 6 fully saturated rings. The Hall–Kier alpha value is -2.15. The van der Waals surface area contributed by atoms with Crippen molar-refractivity contribution in [2.45, 2.75) is 76.4 Å². The molecule has 0 radical (unpaired) electrons. The summed E-state index contributed by atoms with van der Waals surface area (Å²) in [5.74, 6) is 0.610. The zero-order chi connectivity index (χ0) is 24.5. The number of carbonyl (C=O) groups excluding carboxylic acids is 1. The van der Waals surface area contributed by atoms with E-state index in [1.807, 2.05) is 0 Å². The lowest BCUT2D eigenvalue weighted by molar-refractivity contribution is -0.142. The van der Waals surface area contributed by atoms with Gasteiger partial charge in [-0.3, -0.25) is 4.79 Å². The second-order valence-corrected chi connectivity index (χ2v) is 12.2. The van der Waals surface area contributed by atoms with Crippen LogP contribution in [0.4, 0.5) is 4.39 Å². The lowest BCUT2D eigenvalue weighted by atomic mass is 9.50. The van der Waals surface area contributed by atoms with Gasteiger partial charge in [0.2, 0.25) is 0 Å². The molecule has 1 saturated heterocycles. The Kier molecular flexibility index (Phi) is 5.62. The van der Waals surface area contributed by atoms with Crippen molar-refractivity contribution < 1.29 is 28.6 Å².